The van der Waals surface area contributed by atoms with Gasteiger partial charge in [-0.1, -0.05) is 12.1 Å². The van der Waals surface area contributed by atoms with Gasteiger partial charge >= 0.3 is 0 Å². The fourth-order valence-electron chi connectivity index (χ4n) is 1.85. The normalized spacial score (nSPS) is 10.6. The molecule has 0 fully saturated rings. The molecule has 106 valence electrons. The maximum atomic E-state index is 12.0. The molecule has 1 aromatic carbocycles. The van der Waals surface area contributed by atoms with Gasteiger partial charge in [0.05, 0.1) is 18.7 Å². The lowest BCUT2D eigenvalue weighted by Crippen LogP contribution is -2.15. The molecule has 2 aromatic rings. The molecule has 0 aliphatic rings. The summed E-state index contributed by atoms with van der Waals surface area (Å²) < 4.78 is 5.02. The molecular formula is C15H18N2O2S. The summed E-state index contributed by atoms with van der Waals surface area (Å²) in [5.41, 5.74) is 3.83. The third-order valence-corrected chi connectivity index (χ3v) is 3.75. The molecule has 0 bridgehead atoms. The second-order valence-electron chi connectivity index (χ2n) is 4.71. The highest BCUT2D eigenvalue weighted by Crippen LogP contribution is 2.17. The van der Waals surface area contributed by atoms with E-state index in [1.54, 1.807) is 7.11 Å². The zero-order valence-electron chi connectivity index (χ0n) is 11.9. The topological polar surface area (TPSA) is 51.2 Å². The number of thiazole rings is 1. The summed E-state index contributed by atoms with van der Waals surface area (Å²) in [6, 6.07) is 6.01. The summed E-state index contributed by atoms with van der Waals surface area (Å²) >= 11 is 1.51. The van der Waals surface area contributed by atoms with Crippen LogP contribution in [0.4, 0.5) is 5.69 Å². The second kappa shape index (κ2) is 6.63. The van der Waals surface area contributed by atoms with Crippen molar-refractivity contribution in [3.63, 3.8) is 0 Å². The molecule has 4 nitrogen and oxygen atoms in total. The number of carbonyl (C=O) groups excluding carboxylic acids is 1. The van der Waals surface area contributed by atoms with Gasteiger partial charge in [0.1, 0.15) is 5.01 Å². The molecule has 0 radical (unpaired) electrons. The molecule has 20 heavy (non-hydrogen) atoms. The Labute approximate surface area is 122 Å². The van der Waals surface area contributed by atoms with Crippen LogP contribution < -0.4 is 5.32 Å². The van der Waals surface area contributed by atoms with Gasteiger partial charge < -0.3 is 10.1 Å². The maximum Gasteiger partial charge on any atom is 0.230 e. The molecule has 0 saturated heterocycles. The van der Waals surface area contributed by atoms with Crippen molar-refractivity contribution in [3.05, 3.63) is 45.4 Å². The van der Waals surface area contributed by atoms with E-state index in [0.29, 0.717) is 6.61 Å². The highest BCUT2D eigenvalue weighted by Gasteiger charge is 2.09. The number of carbonyl (C=O) groups is 1. The van der Waals surface area contributed by atoms with Crippen LogP contribution in [0.5, 0.6) is 0 Å². The molecule has 2 rings (SSSR count). The van der Waals surface area contributed by atoms with Crippen molar-refractivity contribution in [3.8, 4) is 0 Å². The molecule has 1 heterocycles. The van der Waals surface area contributed by atoms with Gasteiger partial charge in [0.25, 0.3) is 0 Å². The quantitative estimate of drug-likeness (QED) is 0.920. The lowest BCUT2D eigenvalue weighted by atomic mass is 10.1. The SMILES string of the molecule is COCc1nc(CC(=O)Nc2cc(C)ccc2C)cs1. The molecule has 1 amide bonds. The fraction of sp³-hybridized carbons (Fsp3) is 0.333. The monoisotopic (exact) mass is 290 g/mol. The maximum absolute atomic E-state index is 12.0. The second-order valence-corrected chi connectivity index (χ2v) is 5.65. The first kappa shape index (κ1) is 14.7. The summed E-state index contributed by atoms with van der Waals surface area (Å²) in [6.07, 6.45) is 0.285. The summed E-state index contributed by atoms with van der Waals surface area (Å²) in [5, 5.41) is 5.73. The van der Waals surface area contributed by atoms with Gasteiger partial charge in [-0.2, -0.15) is 0 Å². The Bertz CT molecular complexity index is 608. The van der Waals surface area contributed by atoms with Crippen molar-refractivity contribution in [1.29, 1.82) is 0 Å². The van der Waals surface area contributed by atoms with Crippen LogP contribution in [0, 0.1) is 13.8 Å². The number of rotatable bonds is 5. The highest BCUT2D eigenvalue weighted by molar-refractivity contribution is 7.09. The third kappa shape index (κ3) is 3.88. The average Bonchev–Trinajstić information content (AvgIpc) is 2.81. The van der Waals surface area contributed by atoms with Crippen LogP contribution in [-0.2, 0) is 22.6 Å². The van der Waals surface area contributed by atoms with Crippen molar-refractivity contribution in [1.82, 2.24) is 4.98 Å². The summed E-state index contributed by atoms with van der Waals surface area (Å²) in [6.45, 7) is 4.48. The van der Waals surface area contributed by atoms with Crippen molar-refractivity contribution in [2.75, 3.05) is 12.4 Å². The van der Waals surface area contributed by atoms with Crippen LogP contribution in [0.1, 0.15) is 21.8 Å². The van der Waals surface area contributed by atoms with Crippen LogP contribution in [0.3, 0.4) is 0 Å². The van der Waals surface area contributed by atoms with Crippen LogP contribution in [-0.4, -0.2) is 18.0 Å². The van der Waals surface area contributed by atoms with E-state index < -0.39 is 0 Å². The molecule has 0 atom stereocenters. The number of anilines is 1. The van der Waals surface area contributed by atoms with E-state index >= 15 is 0 Å². The van der Waals surface area contributed by atoms with Gasteiger partial charge in [0.15, 0.2) is 0 Å². The van der Waals surface area contributed by atoms with E-state index in [1.165, 1.54) is 11.3 Å². The minimum atomic E-state index is -0.0482. The van der Waals surface area contributed by atoms with E-state index in [9.17, 15) is 4.79 Å². The van der Waals surface area contributed by atoms with Crippen LogP contribution in [0.15, 0.2) is 23.6 Å². The predicted molar refractivity (Wildman–Crippen MR) is 81.1 cm³/mol. The Balaban J connectivity index is 1.99. The largest absolute Gasteiger partial charge is 0.378 e. The van der Waals surface area contributed by atoms with E-state index in [2.05, 4.69) is 10.3 Å². The lowest BCUT2D eigenvalue weighted by molar-refractivity contribution is -0.115. The molecule has 1 N–H and O–H groups in total. The number of nitrogens with one attached hydrogen (secondary N) is 1. The first-order valence-corrected chi connectivity index (χ1v) is 7.26. The molecule has 1 aromatic heterocycles. The van der Waals surface area contributed by atoms with Crippen molar-refractivity contribution < 1.29 is 9.53 Å². The highest BCUT2D eigenvalue weighted by atomic mass is 32.1. The van der Waals surface area contributed by atoms with Gasteiger partial charge in [-0.3, -0.25) is 4.79 Å². The number of hydrogen-bond donors (Lipinski definition) is 1. The molecule has 0 spiro atoms. The average molecular weight is 290 g/mol. The number of benzene rings is 1. The molecule has 0 saturated carbocycles. The van der Waals surface area contributed by atoms with E-state index in [-0.39, 0.29) is 12.3 Å². The standard InChI is InChI=1S/C15H18N2O2S/c1-10-4-5-11(2)13(6-10)17-14(18)7-12-9-20-15(16-12)8-19-3/h4-6,9H,7-8H2,1-3H3,(H,17,18). The zero-order chi connectivity index (χ0) is 14.5. The van der Waals surface area contributed by atoms with Crippen molar-refractivity contribution in [2.45, 2.75) is 26.9 Å². The van der Waals surface area contributed by atoms with Gasteiger partial charge in [0, 0.05) is 18.2 Å². The summed E-state index contributed by atoms with van der Waals surface area (Å²) in [4.78, 5) is 16.4. The molecule has 0 aliphatic carbocycles. The summed E-state index contributed by atoms with van der Waals surface area (Å²) in [5.74, 6) is -0.0482. The number of methoxy groups -OCH3 is 1. The molecule has 0 unspecified atom stereocenters. The summed E-state index contributed by atoms with van der Waals surface area (Å²) in [7, 11) is 1.63. The van der Waals surface area contributed by atoms with Crippen LogP contribution >= 0.6 is 11.3 Å². The third-order valence-electron chi connectivity index (χ3n) is 2.88. The number of nitrogens with zero attached hydrogens (tertiary/aromatic N) is 1. The number of aromatic nitrogens is 1. The smallest absolute Gasteiger partial charge is 0.230 e. The first-order chi connectivity index (χ1) is 9.58. The Morgan fingerprint density at radius 2 is 2.20 bits per heavy atom. The van der Waals surface area contributed by atoms with Crippen molar-refractivity contribution in [2.24, 2.45) is 0 Å². The fourth-order valence-corrected chi connectivity index (χ4v) is 2.61. The van der Waals surface area contributed by atoms with E-state index in [0.717, 1.165) is 27.5 Å². The van der Waals surface area contributed by atoms with Crippen molar-refractivity contribution >= 4 is 22.9 Å². The lowest BCUT2D eigenvalue weighted by Gasteiger charge is -2.08. The Morgan fingerprint density at radius 3 is 2.95 bits per heavy atom. The minimum absolute atomic E-state index is 0.0482. The van der Waals surface area contributed by atoms with E-state index in [4.69, 9.17) is 4.74 Å². The Morgan fingerprint density at radius 1 is 1.40 bits per heavy atom. The zero-order valence-corrected chi connectivity index (χ0v) is 12.7. The number of hydrogen-bond acceptors (Lipinski definition) is 4. The minimum Gasteiger partial charge on any atom is -0.378 e. The molecular weight excluding hydrogens is 272 g/mol. The molecule has 5 heteroatoms. The number of amides is 1. The van der Waals surface area contributed by atoms with Gasteiger partial charge in [-0.05, 0) is 31.0 Å². The Kier molecular flexibility index (Phi) is 4.87. The van der Waals surface area contributed by atoms with Gasteiger partial charge in [-0.15, -0.1) is 11.3 Å². The predicted octanol–water partition coefficient (Wildman–Crippen LogP) is 3.09. The van der Waals surface area contributed by atoms with Crippen LogP contribution in [0.2, 0.25) is 0 Å². The van der Waals surface area contributed by atoms with Gasteiger partial charge in [0.2, 0.25) is 5.91 Å². The van der Waals surface area contributed by atoms with Crippen LogP contribution in [0.25, 0.3) is 0 Å². The Hall–Kier alpha value is -1.72. The number of aryl methyl sites for hydroxylation is 2. The molecule has 0 aliphatic heterocycles. The number of ether oxygens (including phenoxy) is 1. The van der Waals surface area contributed by atoms with E-state index in [1.807, 2.05) is 37.4 Å². The van der Waals surface area contributed by atoms with Gasteiger partial charge in [-0.25, -0.2) is 4.98 Å². The first-order valence-electron chi connectivity index (χ1n) is 6.38.